The molecule has 0 aliphatic heterocycles. The van der Waals surface area contributed by atoms with Crippen LogP contribution >= 0.6 is 0 Å². The van der Waals surface area contributed by atoms with Crippen LogP contribution in [0.15, 0.2) is 35.3 Å². The van der Waals surface area contributed by atoms with E-state index >= 15 is 0 Å². The van der Waals surface area contributed by atoms with E-state index in [4.69, 9.17) is 14.5 Å². The predicted molar refractivity (Wildman–Crippen MR) is 134 cm³/mol. The van der Waals surface area contributed by atoms with Crippen LogP contribution in [0.3, 0.4) is 0 Å². The fraction of sp³-hybridized carbons (Fsp3) is 0.667. The number of amidine groups is 1. The molecule has 188 valence electrons. The van der Waals surface area contributed by atoms with Gasteiger partial charge < -0.3 is 20.1 Å². The molecule has 0 spiro atoms. The summed E-state index contributed by atoms with van der Waals surface area (Å²) in [5, 5.41) is 6.12. The fourth-order valence-corrected chi connectivity index (χ4v) is 4.55. The van der Waals surface area contributed by atoms with Gasteiger partial charge in [-0.15, -0.1) is 0 Å². The summed E-state index contributed by atoms with van der Waals surface area (Å²) < 4.78 is 11.3. The second-order valence-corrected chi connectivity index (χ2v) is 10.5. The number of hydrogen-bond donors (Lipinski definition) is 2. The summed E-state index contributed by atoms with van der Waals surface area (Å²) >= 11 is 0. The van der Waals surface area contributed by atoms with Crippen molar-refractivity contribution in [2.75, 3.05) is 0 Å². The minimum absolute atomic E-state index is 0.166. The number of nitrogens with one attached hydrogen (secondary N) is 2. The molecule has 2 aliphatic rings. The van der Waals surface area contributed by atoms with Gasteiger partial charge in [-0.2, -0.15) is 0 Å². The zero-order valence-electron chi connectivity index (χ0n) is 21.0. The topological polar surface area (TPSA) is 89.0 Å². The van der Waals surface area contributed by atoms with Crippen molar-refractivity contribution >= 4 is 18.1 Å². The number of alkyl carbamates (subject to hydrolysis) is 1. The smallest absolute Gasteiger partial charge is 0.408 e. The summed E-state index contributed by atoms with van der Waals surface area (Å²) in [7, 11) is 0. The lowest BCUT2D eigenvalue weighted by molar-refractivity contribution is -0.138. The average Bonchev–Trinajstić information content (AvgIpc) is 2.79. The van der Waals surface area contributed by atoms with Gasteiger partial charge in [0.15, 0.2) is 0 Å². The highest BCUT2D eigenvalue weighted by molar-refractivity contribution is 5.92. The highest BCUT2D eigenvalue weighted by Crippen LogP contribution is 2.22. The lowest BCUT2D eigenvalue weighted by Crippen LogP contribution is -2.48. The number of esters is 1. The summed E-state index contributed by atoms with van der Waals surface area (Å²) in [6.45, 7) is 5.38. The van der Waals surface area contributed by atoms with Gasteiger partial charge >= 0.3 is 12.1 Å². The fourth-order valence-electron chi connectivity index (χ4n) is 4.55. The number of benzene rings is 1. The van der Waals surface area contributed by atoms with Gasteiger partial charge in [-0.05, 0) is 52.0 Å². The monoisotopic (exact) mass is 471 g/mol. The average molecular weight is 472 g/mol. The van der Waals surface area contributed by atoms with E-state index in [1.165, 1.54) is 25.7 Å². The van der Waals surface area contributed by atoms with Crippen LogP contribution in [-0.2, 0) is 20.7 Å². The molecular formula is C27H41N3O4. The Bertz CT molecular complexity index is 807. The van der Waals surface area contributed by atoms with Gasteiger partial charge in [0.1, 0.15) is 11.6 Å². The summed E-state index contributed by atoms with van der Waals surface area (Å²) in [5.74, 6) is -0.535. The molecule has 0 saturated heterocycles. The molecular weight excluding hydrogens is 430 g/mol. The lowest BCUT2D eigenvalue weighted by atomic mass is 9.95. The summed E-state index contributed by atoms with van der Waals surface area (Å²) in [6.07, 6.45) is 10.9. The standard InChI is InChI=1S/C27H41N3O4/c1-27(2,3)34-26(32)30-23(19-20-13-7-4-8-14-20)24(31)33-25(28-21-15-9-5-10-16-21)29-22-17-11-6-12-18-22/h4,7-8,13-14,21-23H,5-6,9-12,15-19H2,1-3H3,(H,28,29)(H,30,32)/t23-/m0/s1. The summed E-state index contributed by atoms with van der Waals surface area (Å²) in [6, 6.07) is 9.42. The van der Waals surface area contributed by atoms with Crippen LogP contribution in [0.4, 0.5) is 4.79 Å². The van der Waals surface area contributed by atoms with Gasteiger partial charge in [-0.1, -0.05) is 68.9 Å². The van der Waals surface area contributed by atoms with Crippen molar-refractivity contribution in [3.05, 3.63) is 35.9 Å². The lowest BCUT2D eigenvalue weighted by Gasteiger charge is -2.27. The third-order valence-electron chi connectivity index (χ3n) is 6.26. The molecule has 0 heterocycles. The summed E-state index contributed by atoms with van der Waals surface area (Å²) in [4.78, 5) is 30.6. The zero-order chi connectivity index (χ0) is 24.4. The Morgan fingerprint density at radius 2 is 1.59 bits per heavy atom. The van der Waals surface area contributed by atoms with Crippen LogP contribution in [0, 0.1) is 0 Å². The number of ether oxygens (including phenoxy) is 2. The number of carbonyl (C=O) groups excluding carboxylic acids is 2. The molecule has 34 heavy (non-hydrogen) atoms. The molecule has 0 radical (unpaired) electrons. The third kappa shape index (κ3) is 9.35. The SMILES string of the molecule is CC(C)(C)OC(=O)N[C@@H](Cc1ccccc1)C(=O)OC(=NC1CCCCC1)NC1CCCCC1. The first kappa shape index (κ1) is 26.0. The minimum atomic E-state index is -0.887. The number of rotatable bonds is 6. The van der Waals surface area contributed by atoms with Crippen LogP contribution in [0.1, 0.15) is 90.5 Å². The van der Waals surface area contributed by atoms with Crippen LogP contribution in [0.25, 0.3) is 0 Å². The van der Waals surface area contributed by atoms with Gasteiger partial charge in [0, 0.05) is 12.5 Å². The largest absolute Gasteiger partial charge is 0.444 e. The van der Waals surface area contributed by atoms with E-state index in [1.807, 2.05) is 30.3 Å². The highest BCUT2D eigenvalue weighted by Gasteiger charge is 2.28. The molecule has 3 rings (SSSR count). The van der Waals surface area contributed by atoms with Crippen LogP contribution in [0.2, 0.25) is 0 Å². The molecule has 0 aromatic heterocycles. The molecule has 2 N–H and O–H groups in total. The van der Waals surface area contributed by atoms with E-state index in [9.17, 15) is 9.59 Å². The molecule has 1 aromatic carbocycles. The maximum atomic E-state index is 13.3. The Kier molecular flexibility index (Phi) is 9.78. The number of carbonyl (C=O) groups is 2. The molecule has 2 fully saturated rings. The minimum Gasteiger partial charge on any atom is -0.444 e. The normalized spacial score (nSPS) is 19.2. The second kappa shape index (κ2) is 12.8. The number of amides is 1. The van der Waals surface area contributed by atoms with Gasteiger partial charge in [0.05, 0.1) is 6.04 Å². The first-order chi connectivity index (χ1) is 16.3. The number of aliphatic imine (C=N–C) groups is 1. The zero-order valence-corrected chi connectivity index (χ0v) is 21.0. The van der Waals surface area contributed by atoms with Gasteiger partial charge in [-0.25, -0.2) is 14.6 Å². The molecule has 1 amide bonds. The maximum absolute atomic E-state index is 13.3. The Morgan fingerprint density at radius 3 is 2.21 bits per heavy atom. The molecule has 0 unspecified atom stereocenters. The van der Waals surface area contributed by atoms with Crippen molar-refractivity contribution < 1.29 is 19.1 Å². The van der Waals surface area contributed by atoms with E-state index in [0.29, 0.717) is 12.4 Å². The van der Waals surface area contributed by atoms with E-state index < -0.39 is 23.7 Å². The molecule has 1 atom stereocenters. The molecule has 7 nitrogen and oxygen atoms in total. The Hall–Kier alpha value is -2.57. The quantitative estimate of drug-likeness (QED) is 0.335. The molecule has 0 bridgehead atoms. The van der Waals surface area contributed by atoms with Crippen molar-refractivity contribution in [1.29, 1.82) is 0 Å². The molecule has 1 aromatic rings. The van der Waals surface area contributed by atoms with E-state index in [1.54, 1.807) is 20.8 Å². The molecule has 2 aliphatic carbocycles. The van der Waals surface area contributed by atoms with Gasteiger partial charge in [-0.3, -0.25) is 0 Å². The first-order valence-corrected chi connectivity index (χ1v) is 12.9. The highest BCUT2D eigenvalue weighted by atomic mass is 16.6. The van der Waals surface area contributed by atoms with Crippen molar-refractivity contribution in [3.63, 3.8) is 0 Å². The Labute approximate surface area is 204 Å². The third-order valence-corrected chi connectivity index (χ3v) is 6.26. The Morgan fingerprint density at radius 1 is 0.971 bits per heavy atom. The summed E-state index contributed by atoms with van der Waals surface area (Å²) in [5.41, 5.74) is 0.257. The van der Waals surface area contributed by atoms with Gasteiger partial charge in [0.2, 0.25) is 0 Å². The molecule has 2 saturated carbocycles. The van der Waals surface area contributed by atoms with Crippen LogP contribution < -0.4 is 10.6 Å². The van der Waals surface area contributed by atoms with E-state index in [-0.39, 0.29) is 12.1 Å². The Balaban J connectivity index is 1.74. The van der Waals surface area contributed by atoms with Crippen molar-refractivity contribution in [1.82, 2.24) is 10.6 Å². The maximum Gasteiger partial charge on any atom is 0.408 e. The van der Waals surface area contributed by atoms with E-state index in [0.717, 1.165) is 44.1 Å². The van der Waals surface area contributed by atoms with E-state index in [2.05, 4.69) is 10.6 Å². The van der Waals surface area contributed by atoms with Gasteiger partial charge in [0.25, 0.3) is 6.02 Å². The number of nitrogens with zero attached hydrogens (tertiary/aromatic N) is 1. The van der Waals surface area contributed by atoms with Crippen molar-refractivity contribution in [2.24, 2.45) is 4.99 Å². The van der Waals surface area contributed by atoms with Crippen molar-refractivity contribution in [3.8, 4) is 0 Å². The predicted octanol–water partition coefficient (Wildman–Crippen LogP) is 5.28. The molecule has 7 heteroatoms. The van der Waals surface area contributed by atoms with Crippen LogP contribution in [0.5, 0.6) is 0 Å². The first-order valence-electron chi connectivity index (χ1n) is 12.9. The number of hydrogen-bond acceptors (Lipinski definition) is 5. The van der Waals surface area contributed by atoms with Crippen LogP contribution in [-0.4, -0.2) is 41.8 Å². The van der Waals surface area contributed by atoms with Crippen molar-refractivity contribution in [2.45, 2.75) is 115 Å². The second-order valence-electron chi connectivity index (χ2n) is 10.5.